The molecule has 0 radical (unpaired) electrons. The van der Waals surface area contributed by atoms with Gasteiger partial charge in [-0.3, -0.25) is 24.0 Å². The molecular weight excluding hydrogens is 494 g/mol. The van der Waals surface area contributed by atoms with Crippen LogP contribution < -0.4 is 14.8 Å². The Morgan fingerprint density at radius 3 is 2.17 bits per heavy atom. The van der Waals surface area contributed by atoms with Crippen LogP contribution in [0.4, 0.5) is 11.4 Å². The molecule has 4 rings (SSSR count). The summed E-state index contributed by atoms with van der Waals surface area (Å²) in [5.41, 5.74) is 0.661. The molecule has 0 unspecified atom stereocenters. The molecule has 0 spiro atoms. The third-order valence-electron chi connectivity index (χ3n) is 5.45. The lowest BCUT2D eigenvalue weighted by Gasteiger charge is -2.22. The molecule has 1 atom stereocenters. The lowest BCUT2D eigenvalue weighted by Crippen LogP contribution is -2.45. The van der Waals surface area contributed by atoms with Crippen molar-refractivity contribution in [1.29, 1.82) is 0 Å². The quantitative estimate of drug-likeness (QED) is 0.464. The Labute approximate surface area is 206 Å². The molecule has 0 aromatic heterocycles. The highest BCUT2D eigenvalue weighted by atomic mass is 35.5. The van der Waals surface area contributed by atoms with Gasteiger partial charge >= 0.3 is 0 Å². The van der Waals surface area contributed by atoms with Crippen molar-refractivity contribution >= 4 is 50.7 Å². The minimum atomic E-state index is -4.07. The summed E-state index contributed by atoms with van der Waals surface area (Å²) in [7, 11) is -2.65. The number of nitrogens with zero attached hydrogens (tertiary/aromatic N) is 1. The fourth-order valence-corrected chi connectivity index (χ4v) is 4.88. The van der Waals surface area contributed by atoms with Gasteiger partial charge in [-0.25, -0.2) is 8.42 Å². The summed E-state index contributed by atoms with van der Waals surface area (Å²) >= 11 is 6.20. The number of fused-ring (bicyclic) bond motifs is 1. The van der Waals surface area contributed by atoms with Gasteiger partial charge in [-0.05, 0) is 49.4 Å². The molecule has 0 aliphatic carbocycles. The number of carbonyl (C=O) groups is 3. The van der Waals surface area contributed by atoms with E-state index in [1.54, 1.807) is 36.4 Å². The van der Waals surface area contributed by atoms with E-state index in [4.69, 9.17) is 16.3 Å². The Morgan fingerprint density at radius 1 is 0.943 bits per heavy atom. The summed E-state index contributed by atoms with van der Waals surface area (Å²) < 4.78 is 33.5. The summed E-state index contributed by atoms with van der Waals surface area (Å²) in [6.07, 6.45) is 0. The molecule has 3 aromatic carbocycles. The van der Waals surface area contributed by atoms with Crippen molar-refractivity contribution in [3.05, 3.63) is 82.9 Å². The van der Waals surface area contributed by atoms with Crippen LogP contribution in [0.15, 0.2) is 71.6 Å². The van der Waals surface area contributed by atoms with E-state index >= 15 is 0 Å². The number of anilines is 2. The van der Waals surface area contributed by atoms with E-state index in [1.165, 1.54) is 44.4 Å². The zero-order valence-electron chi connectivity index (χ0n) is 18.6. The molecule has 1 heterocycles. The second-order valence-electron chi connectivity index (χ2n) is 7.64. The summed E-state index contributed by atoms with van der Waals surface area (Å²) in [6, 6.07) is 15.4. The summed E-state index contributed by atoms with van der Waals surface area (Å²) in [5, 5.41) is 2.59. The molecule has 0 saturated heterocycles. The molecule has 0 saturated carbocycles. The predicted molar refractivity (Wildman–Crippen MR) is 130 cm³/mol. The van der Waals surface area contributed by atoms with Crippen LogP contribution in [0.1, 0.15) is 27.6 Å². The number of imide groups is 1. The molecule has 3 aromatic rings. The largest absolute Gasteiger partial charge is 0.495 e. The number of halogens is 1. The first-order valence-electron chi connectivity index (χ1n) is 10.4. The predicted octanol–water partition coefficient (Wildman–Crippen LogP) is 3.77. The molecule has 2 N–H and O–H groups in total. The van der Waals surface area contributed by atoms with Gasteiger partial charge in [-0.2, -0.15) is 0 Å². The molecule has 3 amide bonds. The first-order valence-corrected chi connectivity index (χ1v) is 12.2. The molecular formula is C24H20ClN3O6S. The van der Waals surface area contributed by atoms with Crippen LogP contribution in [0, 0.1) is 0 Å². The van der Waals surface area contributed by atoms with Crippen molar-refractivity contribution in [2.24, 2.45) is 0 Å². The molecule has 180 valence electrons. The average molecular weight is 514 g/mol. The fraction of sp³-hybridized carbons (Fsp3) is 0.125. The van der Waals surface area contributed by atoms with Gasteiger partial charge in [0.05, 0.1) is 39.5 Å². The van der Waals surface area contributed by atoms with Gasteiger partial charge in [0.25, 0.3) is 21.8 Å². The monoisotopic (exact) mass is 513 g/mol. The van der Waals surface area contributed by atoms with Gasteiger partial charge in [-0.1, -0.05) is 35.9 Å². The van der Waals surface area contributed by atoms with Crippen LogP contribution in [-0.4, -0.2) is 44.2 Å². The third-order valence-corrected chi connectivity index (χ3v) is 7.14. The van der Waals surface area contributed by atoms with Crippen LogP contribution in [0.25, 0.3) is 0 Å². The molecule has 0 bridgehead atoms. The second-order valence-corrected chi connectivity index (χ2v) is 9.73. The van der Waals surface area contributed by atoms with Crippen LogP contribution in [0.3, 0.4) is 0 Å². The van der Waals surface area contributed by atoms with Gasteiger partial charge < -0.3 is 10.1 Å². The van der Waals surface area contributed by atoms with Crippen LogP contribution in [0.2, 0.25) is 5.02 Å². The molecule has 11 heteroatoms. The number of methoxy groups -OCH3 is 1. The van der Waals surface area contributed by atoms with Gasteiger partial charge in [0, 0.05) is 0 Å². The Bertz CT molecular complexity index is 1420. The zero-order chi connectivity index (χ0) is 25.3. The zero-order valence-corrected chi connectivity index (χ0v) is 20.2. The van der Waals surface area contributed by atoms with Crippen LogP contribution in [-0.2, 0) is 14.8 Å². The van der Waals surface area contributed by atoms with E-state index in [9.17, 15) is 22.8 Å². The number of amides is 3. The van der Waals surface area contributed by atoms with Crippen LogP contribution in [0.5, 0.6) is 5.75 Å². The fourth-order valence-electron chi connectivity index (χ4n) is 3.61. The molecule has 9 nitrogen and oxygen atoms in total. The highest BCUT2D eigenvalue weighted by Crippen LogP contribution is 2.30. The molecule has 1 aliphatic rings. The maximum atomic E-state index is 13.0. The summed E-state index contributed by atoms with van der Waals surface area (Å²) in [4.78, 5) is 39.0. The normalized spacial score (nSPS) is 13.9. The Hall–Kier alpha value is -3.89. The lowest BCUT2D eigenvalue weighted by atomic mass is 10.1. The SMILES string of the molecule is COc1ccccc1NS(=O)(=O)c1ccc(Cl)c(NC(=O)[C@@H](C)N2C(=O)c3ccccc3C2=O)c1. The third kappa shape index (κ3) is 4.58. The number of benzene rings is 3. The van der Waals surface area contributed by atoms with E-state index in [2.05, 4.69) is 10.0 Å². The second kappa shape index (κ2) is 9.40. The highest BCUT2D eigenvalue weighted by Gasteiger charge is 2.40. The number of sulfonamides is 1. The van der Waals surface area contributed by atoms with Crippen molar-refractivity contribution in [1.82, 2.24) is 4.90 Å². The first kappa shape index (κ1) is 24.2. The van der Waals surface area contributed by atoms with Crippen molar-refractivity contribution < 1.29 is 27.5 Å². The number of rotatable bonds is 7. The smallest absolute Gasteiger partial charge is 0.262 e. The molecule has 1 aliphatic heterocycles. The van der Waals surface area contributed by atoms with E-state index in [-0.39, 0.29) is 32.4 Å². The molecule has 0 fully saturated rings. The van der Waals surface area contributed by atoms with E-state index in [0.29, 0.717) is 5.75 Å². The minimum absolute atomic E-state index is 0.00280. The number of hydrogen-bond acceptors (Lipinski definition) is 6. The van der Waals surface area contributed by atoms with E-state index in [0.717, 1.165) is 4.90 Å². The van der Waals surface area contributed by atoms with E-state index in [1.807, 2.05) is 0 Å². The molecule has 35 heavy (non-hydrogen) atoms. The maximum absolute atomic E-state index is 13.0. The average Bonchev–Trinajstić information content (AvgIpc) is 3.10. The van der Waals surface area contributed by atoms with Gasteiger partial charge in [0.1, 0.15) is 11.8 Å². The first-order chi connectivity index (χ1) is 16.6. The van der Waals surface area contributed by atoms with Crippen molar-refractivity contribution in [3.63, 3.8) is 0 Å². The minimum Gasteiger partial charge on any atom is -0.495 e. The van der Waals surface area contributed by atoms with Gasteiger partial charge in [0.2, 0.25) is 5.91 Å². The van der Waals surface area contributed by atoms with Crippen molar-refractivity contribution in [2.75, 3.05) is 17.1 Å². The number of carbonyl (C=O) groups excluding carboxylic acids is 3. The van der Waals surface area contributed by atoms with Crippen molar-refractivity contribution in [2.45, 2.75) is 17.9 Å². The Balaban J connectivity index is 1.56. The van der Waals surface area contributed by atoms with Gasteiger partial charge in [0.15, 0.2) is 0 Å². The number of nitrogens with one attached hydrogen (secondary N) is 2. The number of ether oxygens (including phenoxy) is 1. The lowest BCUT2D eigenvalue weighted by molar-refractivity contribution is -0.119. The standard InChI is InChI=1S/C24H20ClN3O6S/c1-14(28-23(30)16-7-3-4-8-17(16)24(28)31)22(29)26-20-13-15(11-12-18(20)25)35(32,33)27-19-9-5-6-10-21(19)34-2/h3-14,27H,1-2H3,(H,26,29)/t14-/m1/s1. The Kier molecular flexibility index (Phi) is 6.51. The topological polar surface area (TPSA) is 122 Å². The van der Waals surface area contributed by atoms with Crippen molar-refractivity contribution in [3.8, 4) is 5.75 Å². The highest BCUT2D eigenvalue weighted by molar-refractivity contribution is 7.92. The number of para-hydroxylation sites is 2. The summed E-state index contributed by atoms with van der Waals surface area (Å²) in [5.74, 6) is -1.56. The number of hydrogen-bond donors (Lipinski definition) is 2. The van der Waals surface area contributed by atoms with Gasteiger partial charge in [-0.15, -0.1) is 0 Å². The van der Waals surface area contributed by atoms with Crippen LogP contribution >= 0.6 is 11.6 Å². The van der Waals surface area contributed by atoms with E-state index < -0.39 is 33.8 Å². The maximum Gasteiger partial charge on any atom is 0.262 e. The summed E-state index contributed by atoms with van der Waals surface area (Å²) in [6.45, 7) is 1.40. The Morgan fingerprint density at radius 2 is 1.54 bits per heavy atom.